The van der Waals surface area contributed by atoms with Crippen LogP contribution in [-0.2, 0) is 19.5 Å². The van der Waals surface area contributed by atoms with E-state index in [1.54, 1.807) is 27.7 Å². The van der Waals surface area contributed by atoms with Crippen LogP contribution in [0.2, 0.25) is 0 Å². The highest BCUT2D eigenvalue weighted by Crippen LogP contribution is 2.39. The lowest BCUT2D eigenvalue weighted by atomic mass is 10.1. The maximum Gasteiger partial charge on any atom is 0.243 e. The molecule has 5 rings (SSSR count). The number of aromatic nitrogens is 5. The van der Waals surface area contributed by atoms with Gasteiger partial charge in [-0.25, -0.2) is 22.8 Å². The third-order valence-electron chi connectivity index (χ3n) is 6.80. The highest BCUT2D eigenvalue weighted by Gasteiger charge is 2.38. The van der Waals surface area contributed by atoms with E-state index in [1.165, 1.54) is 21.3 Å². The van der Waals surface area contributed by atoms with Gasteiger partial charge in [-0.3, -0.25) is 9.29 Å². The molecule has 2 aliphatic rings. The Hall–Kier alpha value is -3.56. The van der Waals surface area contributed by atoms with Crippen LogP contribution in [0.5, 0.6) is 11.5 Å². The molecule has 2 saturated heterocycles. The van der Waals surface area contributed by atoms with Crippen molar-refractivity contribution in [3.63, 3.8) is 0 Å². The largest absolute Gasteiger partial charge is 0.494 e. The predicted octanol–water partition coefficient (Wildman–Crippen LogP) is 2.10. The molecule has 0 unspecified atom stereocenters. The molecule has 210 valence electrons. The Labute approximate surface area is 225 Å². The Balaban J connectivity index is 1.52. The van der Waals surface area contributed by atoms with Crippen molar-refractivity contribution in [2.24, 2.45) is 0 Å². The normalized spacial score (nSPS) is 21.6. The van der Waals surface area contributed by atoms with Crippen molar-refractivity contribution in [2.75, 3.05) is 50.6 Å². The number of nitrogens with zero attached hydrogens (tertiary/aromatic N) is 6. The molecule has 1 aromatic carbocycles. The van der Waals surface area contributed by atoms with Gasteiger partial charge in [-0.05, 0) is 31.4 Å². The number of nitrogens with one attached hydrogen (secondary N) is 1. The maximum atomic E-state index is 13.8. The highest BCUT2D eigenvalue weighted by atomic mass is 32.2. The summed E-state index contributed by atoms with van der Waals surface area (Å²) in [6.45, 7) is 0.973. The molecule has 13 nitrogen and oxygen atoms in total. The molecular formula is C24H30FN7O6S. The minimum atomic E-state index is -4.06. The van der Waals surface area contributed by atoms with Crippen molar-refractivity contribution in [1.82, 2.24) is 24.7 Å². The number of methoxy groups -OCH3 is 3. The molecule has 0 bridgehead atoms. The number of ether oxygens (including phenoxy) is 4. The molecule has 0 radical (unpaired) electrons. The van der Waals surface area contributed by atoms with Crippen molar-refractivity contribution in [3.05, 3.63) is 42.2 Å². The number of hydrogen-bond acceptors (Lipinski definition) is 11. The van der Waals surface area contributed by atoms with Gasteiger partial charge in [-0.1, -0.05) is 6.07 Å². The first kappa shape index (κ1) is 27.0. The standard InChI is InChI=1S/C24H30FN7O6S/c1-35-16-10-17(14-31(13-16)23-26-11-15(25)12-27-23)39(33,34)30-24-29-28-22(20-8-5-9-38-20)32(24)21-18(36-2)6-4-7-19(21)37-3/h4,6-7,11-12,16-17,20H,5,8-10,13-14H2,1-3H3,(H,29,30)/t16-,17-,20+/m0/s1. The fraction of sp³-hybridized carbons (Fsp3) is 0.500. The number of hydrogen-bond donors (Lipinski definition) is 1. The fourth-order valence-corrected chi connectivity index (χ4v) is 6.27. The molecule has 0 amide bonds. The van der Waals surface area contributed by atoms with E-state index in [1.807, 2.05) is 0 Å². The summed E-state index contributed by atoms with van der Waals surface area (Å²) in [4.78, 5) is 9.68. The van der Waals surface area contributed by atoms with Crippen LogP contribution in [0.15, 0.2) is 30.6 Å². The molecule has 1 N–H and O–H groups in total. The summed E-state index contributed by atoms with van der Waals surface area (Å²) >= 11 is 0. The van der Waals surface area contributed by atoms with Gasteiger partial charge in [0.1, 0.15) is 28.5 Å². The van der Waals surface area contributed by atoms with Crippen molar-refractivity contribution >= 4 is 21.9 Å². The molecule has 2 fully saturated rings. The van der Waals surface area contributed by atoms with Crippen LogP contribution >= 0.6 is 0 Å². The number of para-hydroxylation sites is 1. The zero-order valence-corrected chi connectivity index (χ0v) is 22.6. The van der Waals surface area contributed by atoms with E-state index in [9.17, 15) is 12.8 Å². The Morgan fingerprint density at radius 1 is 1.08 bits per heavy atom. The van der Waals surface area contributed by atoms with Gasteiger partial charge in [0.2, 0.25) is 21.9 Å². The van der Waals surface area contributed by atoms with Crippen LogP contribution < -0.4 is 19.1 Å². The SMILES string of the molecule is COc1cccc(OC)c1-n1c(NS(=O)(=O)[C@H]2C[C@H](OC)CN(c3ncc(F)cn3)C2)nnc1[C@H]1CCCO1. The molecule has 0 saturated carbocycles. The van der Waals surface area contributed by atoms with Crippen molar-refractivity contribution in [2.45, 2.75) is 36.7 Å². The van der Waals surface area contributed by atoms with Crippen LogP contribution in [0.3, 0.4) is 0 Å². The van der Waals surface area contributed by atoms with E-state index in [4.69, 9.17) is 18.9 Å². The second-order valence-electron chi connectivity index (χ2n) is 9.20. The van der Waals surface area contributed by atoms with Crippen LogP contribution in [-0.4, -0.2) is 85.5 Å². The number of benzene rings is 1. The molecular weight excluding hydrogens is 533 g/mol. The van der Waals surface area contributed by atoms with Gasteiger partial charge in [0.15, 0.2) is 11.6 Å². The summed E-state index contributed by atoms with van der Waals surface area (Å²) < 4.78 is 67.8. The van der Waals surface area contributed by atoms with Gasteiger partial charge in [0, 0.05) is 26.8 Å². The topological polar surface area (TPSA) is 143 Å². The third-order valence-corrected chi connectivity index (χ3v) is 8.49. The molecule has 3 atom stereocenters. The zero-order chi connectivity index (χ0) is 27.6. The highest BCUT2D eigenvalue weighted by molar-refractivity contribution is 7.93. The first-order chi connectivity index (χ1) is 18.8. The number of anilines is 2. The average Bonchev–Trinajstić information content (AvgIpc) is 3.62. The number of halogens is 1. The quantitative estimate of drug-likeness (QED) is 0.409. The summed E-state index contributed by atoms with van der Waals surface area (Å²) in [5, 5.41) is 7.60. The minimum Gasteiger partial charge on any atom is -0.494 e. The van der Waals surface area contributed by atoms with Crippen molar-refractivity contribution in [3.8, 4) is 17.2 Å². The van der Waals surface area contributed by atoms with Crippen LogP contribution in [0.25, 0.3) is 5.69 Å². The lowest BCUT2D eigenvalue weighted by Crippen LogP contribution is -2.51. The Morgan fingerprint density at radius 2 is 1.79 bits per heavy atom. The van der Waals surface area contributed by atoms with Crippen LogP contribution in [0.4, 0.5) is 16.3 Å². The average molecular weight is 564 g/mol. The molecule has 39 heavy (non-hydrogen) atoms. The second-order valence-corrected chi connectivity index (χ2v) is 11.2. The number of piperidine rings is 1. The van der Waals surface area contributed by atoms with E-state index in [2.05, 4.69) is 24.9 Å². The van der Waals surface area contributed by atoms with E-state index >= 15 is 0 Å². The first-order valence-electron chi connectivity index (χ1n) is 12.4. The second kappa shape index (κ2) is 11.3. The van der Waals surface area contributed by atoms with Crippen molar-refractivity contribution < 1.29 is 31.8 Å². The van der Waals surface area contributed by atoms with Gasteiger partial charge < -0.3 is 23.8 Å². The van der Waals surface area contributed by atoms with Gasteiger partial charge in [0.25, 0.3) is 0 Å². The minimum absolute atomic E-state index is 0.0348. The summed E-state index contributed by atoms with van der Waals surface area (Å²) in [7, 11) is 0.476. The van der Waals surface area contributed by atoms with Crippen LogP contribution in [0.1, 0.15) is 31.2 Å². The molecule has 4 heterocycles. The smallest absolute Gasteiger partial charge is 0.243 e. The predicted molar refractivity (Wildman–Crippen MR) is 138 cm³/mol. The van der Waals surface area contributed by atoms with Crippen molar-refractivity contribution in [1.29, 1.82) is 0 Å². The molecule has 0 aliphatic carbocycles. The first-order valence-corrected chi connectivity index (χ1v) is 13.9. The van der Waals surface area contributed by atoms with Gasteiger partial charge in [0.05, 0.1) is 32.7 Å². The molecule has 2 aromatic heterocycles. The van der Waals surface area contributed by atoms with E-state index < -0.39 is 27.2 Å². The summed E-state index contributed by atoms with van der Waals surface area (Å²) in [6.07, 6.45) is 3.02. The lowest BCUT2D eigenvalue weighted by molar-refractivity contribution is 0.0898. The zero-order valence-electron chi connectivity index (χ0n) is 21.8. The maximum absolute atomic E-state index is 13.8. The Bertz CT molecular complexity index is 1380. The van der Waals surface area contributed by atoms with E-state index in [-0.39, 0.29) is 31.0 Å². The summed E-state index contributed by atoms with van der Waals surface area (Å²) in [6, 6.07) is 5.24. The molecule has 0 spiro atoms. The lowest BCUT2D eigenvalue weighted by Gasteiger charge is -2.36. The summed E-state index contributed by atoms with van der Waals surface area (Å²) in [5.41, 5.74) is 0.440. The number of rotatable bonds is 9. The Morgan fingerprint density at radius 3 is 2.41 bits per heavy atom. The fourth-order valence-electron chi connectivity index (χ4n) is 4.87. The molecule has 3 aromatic rings. The summed E-state index contributed by atoms with van der Waals surface area (Å²) in [5.74, 6) is 0.885. The van der Waals surface area contributed by atoms with Gasteiger partial charge in [-0.15, -0.1) is 10.2 Å². The monoisotopic (exact) mass is 563 g/mol. The molecule has 2 aliphatic heterocycles. The molecule has 15 heteroatoms. The third kappa shape index (κ3) is 5.46. The van der Waals surface area contributed by atoms with E-state index in [0.717, 1.165) is 18.8 Å². The van der Waals surface area contributed by atoms with Gasteiger partial charge in [-0.2, -0.15) is 0 Å². The van der Waals surface area contributed by atoms with Crippen LogP contribution in [0, 0.1) is 5.82 Å². The Kier molecular flexibility index (Phi) is 7.81. The number of sulfonamides is 1. The van der Waals surface area contributed by atoms with E-state index in [0.29, 0.717) is 42.6 Å². The van der Waals surface area contributed by atoms with Gasteiger partial charge >= 0.3 is 0 Å².